The minimum Gasteiger partial charge on any atom is -0.349 e. The molecule has 1 atom stereocenters. The van der Waals surface area contributed by atoms with Crippen molar-refractivity contribution >= 4 is 29.1 Å². The Bertz CT molecular complexity index is 1100. The number of carbonyl (C=O) groups is 3. The van der Waals surface area contributed by atoms with Gasteiger partial charge in [0.15, 0.2) is 0 Å². The summed E-state index contributed by atoms with van der Waals surface area (Å²) in [7, 11) is 0. The Hall–Kier alpha value is -3.45. The number of nitrogens with zero attached hydrogens (tertiary/aromatic N) is 1. The average molecular weight is 478 g/mol. The molecule has 34 heavy (non-hydrogen) atoms. The molecule has 3 amide bonds. The third-order valence-electron chi connectivity index (χ3n) is 5.11. The van der Waals surface area contributed by atoms with Crippen molar-refractivity contribution in [1.82, 2.24) is 15.5 Å². The summed E-state index contributed by atoms with van der Waals surface area (Å²) in [5.74, 6) is -0.929. The molecule has 6 nitrogen and oxygen atoms in total. The molecule has 3 aromatic rings. The van der Waals surface area contributed by atoms with Crippen LogP contribution in [0.3, 0.4) is 0 Å². The van der Waals surface area contributed by atoms with Crippen LogP contribution in [0.2, 0.25) is 0 Å². The highest BCUT2D eigenvalue weighted by Crippen LogP contribution is 2.25. The maximum atomic E-state index is 13.5. The van der Waals surface area contributed by atoms with E-state index in [1.807, 2.05) is 87.7 Å². The molecule has 2 aromatic carbocycles. The summed E-state index contributed by atoms with van der Waals surface area (Å²) >= 11 is 1.31. The van der Waals surface area contributed by atoms with Crippen molar-refractivity contribution in [1.29, 1.82) is 0 Å². The van der Waals surface area contributed by atoms with Crippen LogP contribution in [0.4, 0.5) is 0 Å². The van der Waals surface area contributed by atoms with Crippen LogP contribution in [0.15, 0.2) is 72.1 Å². The lowest BCUT2D eigenvalue weighted by molar-refractivity contribution is -0.141. The maximum Gasteiger partial charge on any atom is 0.261 e. The lowest BCUT2D eigenvalue weighted by Gasteiger charge is -2.34. The molecule has 1 heterocycles. The van der Waals surface area contributed by atoms with Gasteiger partial charge in [-0.3, -0.25) is 14.4 Å². The van der Waals surface area contributed by atoms with Crippen molar-refractivity contribution in [2.75, 3.05) is 6.54 Å². The zero-order valence-corrected chi connectivity index (χ0v) is 20.8. The van der Waals surface area contributed by atoms with E-state index in [-0.39, 0.29) is 30.8 Å². The van der Waals surface area contributed by atoms with Crippen molar-refractivity contribution in [2.45, 2.75) is 45.8 Å². The van der Waals surface area contributed by atoms with Crippen molar-refractivity contribution in [3.8, 4) is 0 Å². The number of benzene rings is 2. The van der Waals surface area contributed by atoms with E-state index in [1.54, 1.807) is 12.1 Å². The molecular formula is C27H31N3O3S. The Kier molecular flexibility index (Phi) is 8.23. The number of carbonyl (C=O) groups excluding carboxylic acids is 3. The number of hydrogen-bond acceptors (Lipinski definition) is 4. The van der Waals surface area contributed by atoms with E-state index in [4.69, 9.17) is 0 Å². The molecule has 0 saturated carbocycles. The average Bonchev–Trinajstić information content (AvgIpc) is 3.33. The molecule has 0 spiro atoms. The van der Waals surface area contributed by atoms with Crippen LogP contribution in [0.25, 0.3) is 0 Å². The summed E-state index contributed by atoms with van der Waals surface area (Å²) < 4.78 is 0. The van der Waals surface area contributed by atoms with E-state index in [9.17, 15) is 14.4 Å². The summed E-state index contributed by atoms with van der Waals surface area (Å²) in [6, 6.07) is 19.7. The predicted octanol–water partition coefficient (Wildman–Crippen LogP) is 4.47. The van der Waals surface area contributed by atoms with Gasteiger partial charge in [-0.2, -0.15) is 0 Å². The van der Waals surface area contributed by atoms with Crippen molar-refractivity contribution in [3.63, 3.8) is 0 Å². The van der Waals surface area contributed by atoms with E-state index in [1.165, 1.54) is 16.2 Å². The van der Waals surface area contributed by atoms with Gasteiger partial charge in [-0.15, -0.1) is 11.3 Å². The van der Waals surface area contributed by atoms with Gasteiger partial charge in [0.1, 0.15) is 6.04 Å². The van der Waals surface area contributed by atoms with Gasteiger partial charge < -0.3 is 15.5 Å². The summed E-state index contributed by atoms with van der Waals surface area (Å²) in [5.41, 5.74) is 2.23. The van der Waals surface area contributed by atoms with E-state index in [2.05, 4.69) is 10.6 Å². The molecule has 0 bridgehead atoms. The molecule has 3 rings (SSSR count). The number of aryl methyl sites for hydroxylation is 1. The van der Waals surface area contributed by atoms with Gasteiger partial charge in [-0.05, 0) is 50.3 Å². The second-order valence-corrected chi connectivity index (χ2v) is 10.2. The molecule has 0 aliphatic carbocycles. The smallest absolute Gasteiger partial charge is 0.261 e. The van der Waals surface area contributed by atoms with Crippen LogP contribution < -0.4 is 10.6 Å². The largest absolute Gasteiger partial charge is 0.349 e. The van der Waals surface area contributed by atoms with Gasteiger partial charge in [0.25, 0.3) is 5.91 Å². The standard InChI is InChI=1S/C27H31N3O3S/c1-19-12-14-20(15-13-19)18-30(23(31)17-28-25(32)22-11-8-16-34-22)24(21-9-6-5-7-10-21)26(33)29-27(2,3)4/h5-16,24H,17-18H2,1-4H3,(H,28,32)(H,29,33). The Morgan fingerprint density at radius 1 is 0.941 bits per heavy atom. The summed E-state index contributed by atoms with van der Waals surface area (Å²) in [5, 5.41) is 7.53. The minimum atomic E-state index is -0.854. The van der Waals surface area contributed by atoms with Crippen LogP contribution in [0.5, 0.6) is 0 Å². The van der Waals surface area contributed by atoms with E-state index in [0.717, 1.165) is 11.1 Å². The first-order valence-electron chi connectivity index (χ1n) is 11.2. The molecule has 0 saturated heterocycles. The number of hydrogen-bond donors (Lipinski definition) is 2. The second-order valence-electron chi connectivity index (χ2n) is 9.22. The predicted molar refractivity (Wildman–Crippen MR) is 135 cm³/mol. The van der Waals surface area contributed by atoms with Gasteiger partial charge in [-0.25, -0.2) is 0 Å². The van der Waals surface area contributed by atoms with Gasteiger partial charge in [-0.1, -0.05) is 66.2 Å². The molecule has 178 valence electrons. The number of nitrogens with one attached hydrogen (secondary N) is 2. The fraction of sp³-hybridized carbons (Fsp3) is 0.296. The third-order valence-corrected chi connectivity index (χ3v) is 5.98. The fourth-order valence-electron chi connectivity index (χ4n) is 3.51. The first kappa shape index (κ1) is 25.2. The van der Waals surface area contributed by atoms with Gasteiger partial charge in [0, 0.05) is 12.1 Å². The Balaban J connectivity index is 1.93. The Labute approximate surface area is 205 Å². The number of thiophene rings is 1. The monoisotopic (exact) mass is 477 g/mol. The molecule has 0 aliphatic rings. The summed E-state index contributed by atoms with van der Waals surface area (Å²) in [4.78, 5) is 41.5. The highest BCUT2D eigenvalue weighted by Gasteiger charge is 2.33. The lowest BCUT2D eigenvalue weighted by Crippen LogP contribution is -2.50. The zero-order valence-electron chi connectivity index (χ0n) is 20.0. The van der Waals surface area contributed by atoms with Crippen LogP contribution in [-0.2, 0) is 16.1 Å². The Morgan fingerprint density at radius 3 is 2.21 bits per heavy atom. The highest BCUT2D eigenvalue weighted by molar-refractivity contribution is 7.12. The van der Waals surface area contributed by atoms with Crippen molar-refractivity contribution in [3.05, 3.63) is 93.7 Å². The highest BCUT2D eigenvalue weighted by atomic mass is 32.1. The molecule has 1 unspecified atom stereocenters. The lowest BCUT2D eigenvalue weighted by atomic mass is 10.0. The maximum absolute atomic E-state index is 13.5. The molecule has 0 radical (unpaired) electrons. The van der Waals surface area contributed by atoms with Gasteiger partial charge in [0.2, 0.25) is 11.8 Å². The summed E-state index contributed by atoms with van der Waals surface area (Å²) in [6.07, 6.45) is 0. The molecule has 2 N–H and O–H groups in total. The van der Waals surface area contributed by atoms with Crippen LogP contribution in [-0.4, -0.2) is 34.7 Å². The van der Waals surface area contributed by atoms with Crippen molar-refractivity contribution < 1.29 is 14.4 Å². The quantitative estimate of drug-likeness (QED) is 0.502. The van der Waals surface area contributed by atoms with Crippen LogP contribution in [0.1, 0.15) is 53.2 Å². The summed E-state index contributed by atoms with van der Waals surface area (Å²) in [6.45, 7) is 7.72. The van der Waals surface area contributed by atoms with E-state index in [0.29, 0.717) is 10.4 Å². The number of amides is 3. The van der Waals surface area contributed by atoms with Gasteiger partial charge in [0.05, 0.1) is 11.4 Å². The second kappa shape index (κ2) is 11.1. The normalized spacial score (nSPS) is 12.0. The molecular weight excluding hydrogens is 446 g/mol. The molecule has 0 fully saturated rings. The van der Waals surface area contributed by atoms with Crippen LogP contribution in [0, 0.1) is 6.92 Å². The minimum absolute atomic E-state index is 0.214. The van der Waals surface area contributed by atoms with Crippen molar-refractivity contribution in [2.24, 2.45) is 0 Å². The molecule has 7 heteroatoms. The van der Waals surface area contributed by atoms with E-state index >= 15 is 0 Å². The van der Waals surface area contributed by atoms with E-state index < -0.39 is 11.6 Å². The third kappa shape index (κ3) is 7.02. The number of rotatable bonds is 8. The topological polar surface area (TPSA) is 78.5 Å². The molecule has 1 aromatic heterocycles. The van der Waals surface area contributed by atoms with Crippen LogP contribution >= 0.6 is 11.3 Å². The SMILES string of the molecule is Cc1ccc(CN(C(=O)CNC(=O)c2cccs2)C(C(=O)NC(C)(C)C)c2ccccc2)cc1. The zero-order chi connectivity index (χ0) is 24.7. The first-order valence-corrected chi connectivity index (χ1v) is 12.1. The fourth-order valence-corrected chi connectivity index (χ4v) is 4.15. The first-order chi connectivity index (χ1) is 16.1. The molecule has 0 aliphatic heterocycles. The Morgan fingerprint density at radius 2 is 1.62 bits per heavy atom. The van der Waals surface area contributed by atoms with Gasteiger partial charge >= 0.3 is 0 Å².